The van der Waals surface area contributed by atoms with Gasteiger partial charge in [0.1, 0.15) is 16.5 Å². The van der Waals surface area contributed by atoms with Crippen LogP contribution in [-0.2, 0) is 4.74 Å². The van der Waals surface area contributed by atoms with Gasteiger partial charge in [0.2, 0.25) is 0 Å². The molecule has 1 saturated heterocycles. The summed E-state index contributed by atoms with van der Waals surface area (Å²) in [6.45, 7) is 4.14. The SMILES string of the molecule is CCOC(=O)c1cccc(NC(=O)c2csc(-c3ccc(N4CCCC4)nc3)n2)c1. The predicted molar refractivity (Wildman–Crippen MR) is 117 cm³/mol. The average molecular weight is 423 g/mol. The van der Waals surface area contributed by atoms with Crippen LogP contribution in [0.2, 0.25) is 0 Å². The number of esters is 1. The van der Waals surface area contributed by atoms with Crippen molar-refractivity contribution in [2.45, 2.75) is 19.8 Å². The molecule has 8 heteroatoms. The number of hydrogen-bond donors (Lipinski definition) is 1. The minimum Gasteiger partial charge on any atom is -0.462 e. The zero-order chi connectivity index (χ0) is 20.9. The maximum atomic E-state index is 12.6. The number of carbonyl (C=O) groups is 2. The van der Waals surface area contributed by atoms with Gasteiger partial charge >= 0.3 is 5.97 Å². The molecule has 2 aromatic heterocycles. The van der Waals surface area contributed by atoms with E-state index in [1.807, 2.05) is 12.1 Å². The fourth-order valence-electron chi connectivity index (χ4n) is 3.29. The van der Waals surface area contributed by atoms with Crippen molar-refractivity contribution >= 4 is 34.7 Å². The Kier molecular flexibility index (Phi) is 6.04. The Balaban J connectivity index is 1.44. The molecule has 0 spiro atoms. The number of nitrogens with one attached hydrogen (secondary N) is 1. The van der Waals surface area contributed by atoms with Crippen LogP contribution < -0.4 is 10.2 Å². The van der Waals surface area contributed by atoms with Gasteiger partial charge in [-0.2, -0.15) is 0 Å². The van der Waals surface area contributed by atoms with Gasteiger partial charge < -0.3 is 15.0 Å². The molecule has 30 heavy (non-hydrogen) atoms. The number of nitrogens with zero attached hydrogens (tertiary/aromatic N) is 3. The van der Waals surface area contributed by atoms with E-state index >= 15 is 0 Å². The van der Waals surface area contributed by atoms with E-state index in [4.69, 9.17) is 4.74 Å². The van der Waals surface area contributed by atoms with Crippen molar-refractivity contribution in [1.82, 2.24) is 9.97 Å². The quantitative estimate of drug-likeness (QED) is 0.599. The van der Waals surface area contributed by atoms with Gasteiger partial charge in [-0.25, -0.2) is 14.8 Å². The second-order valence-electron chi connectivity index (χ2n) is 6.89. The third-order valence-corrected chi connectivity index (χ3v) is 5.68. The van der Waals surface area contributed by atoms with Crippen molar-refractivity contribution in [3.63, 3.8) is 0 Å². The zero-order valence-corrected chi connectivity index (χ0v) is 17.4. The summed E-state index contributed by atoms with van der Waals surface area (Å²) in [5.41, 5.74) is 2.10. The Bertz CT molecular complexity index is 1040. The molecular formula is C22H22N4O3S. The summed E-state index contributed by atoms with van der Waals surface area (Å²) in [7, 11) is 0. The molecule has 3 heterocycles. The molecule has 0 atom stereocenters. The highest BCUT2D eigenvalue weighted by atomic mass is 32.1. The van der Waals surface area contributed by atoms with Crippen LogP contribution >= 0.6 is 11.3 Å². The Morgan fingerprint density at radius 2 is 2.03 bits per heavy atom. The monoisotopic (exact) mass is 422 g/mol. The average Bonchev–Trinajstić information content (AvgIpc) is 3.47. The Hall–Kier alpha value is -3.26. The summed E-state index contributed by atoms with van der Waals surface area (Å²) >= 11 is 1.39. The Morgan fingerprint density at radius 1 is 1.20 bits per heavy atom. The molecule has 0 radical (unpaired) electrons. The number of amides is 1. The van der Waals surface area contributed by atoms with E-state index in [1.54, 1.807) is 42.8 Å². The minimum atomic E-state index is -0.422. The molecule has 1 fully saturated rings. The Labute approximate surface area is 178 Å². The van der Waals surface area contributed by atoms with Crippen LogP contribution in [0.1, 0.15) is 40.6 Å². The summed E-state index contributed by atoms with van der Waals surface area (Å²) in [6.07, 6.45) is 4.21. The van der Waals surface area contributed by atoms with Crippen molar-refractivity contribution in [2.24, 2.45) is 0 Å². The number of aromatic nitrogens is 2. The van der Waals surface area contributed by atoms with Crippen LogP contribution in [0.5, 0.6) is 0 Å². The van der Waals surface area contributed by atoms with Crippen LogP contribution in [0.4, 0.5) is 11.5 Å². The van der Waals surface area contributed by atoms with Gasteiger partial charge in [0.15, 0.2) is 0 Å². The van der Waals surface area contributed by atoms with Gasteiger partial charge in [0.05, 0.1) is 12.2 Å². The molecule has 3 aromatic rings. The van der Waals surface area contributed by atoms with Crippen molar-refractivity contribution in [3.8, 4) is 10.6 Å². The lowest BCUT2D eigenvalue weighted by Gasteiger charge is -2.15. The lowest BCUT2D eigenvalue weighted by atomic mass is 10.2. The molecule has 1 aliphatic rings. The van der Waals surface area contributed by atoms with Crippen molar-refractivity contribution in [1.29, 1.82) is 0 Å². The van der Waals surface area contributed by atoms with Gasteiger partial charge in [-0.1, -0.05) is 6.07 Å². The van der Waals surface area contributed by atoms with E-state index in [2.05, 4.69) is 20.2 Å². The van der Waals surface area contributed by atoms with E-state index in [1.165, 1.54) is 24.2 Å². The third kappa shape index (κ3) is 4.49. The van der Waals surface area contributed by atoms with Gasteiger partial charge in [0.25, 0.3) is 5.91 Å². The minimum absolute atomic E-state index is 0.297. The van der Waals surface area contributed by atoms with Crippen molar-refractivity contribution in [3.05, 3.63) is 59.2 Å². The molecular weight excluding hydrogens is 400 g/mol. The summed E-state index contributed by atoms with van der Waals surface area (Å²) in [6, 6.07) is 10.6. The van der Waals surface area contributed by atoms with E-state index in [9.17, 15) is 9.59 Å². The fourth-order valence-corrected chi connectivity index (χ4v) is 4.08. The zero-order valence-electron chi connectivity index (χ0n) is 16.6. The molecule has 154 valence electrons. The molecule has 1 amide bonds. The number of carbonyl (C=O) groups excluding carboxylic acids is 2. The van der Waals surface area contributed by atoms with Gasteiger partial charge in [-0.3, -0.25) is 4.79 Å². The van der Waals surface area contributed by atoms with Crippen LogP contribution in [0.25, 0.3) is 10.6 Å². The van der Waals surface area contributed by atoms with Gasteiger partial charge in [-0.15, -0.1) is 11.3 Å². The summed E-state index contributed by atoms with van der Waals surface area (Å²) < 4.78 is 4.99. The smallest absolute Gasteiger partial charge is 0.338 e. The lowest BCUT2D eigenvalue weighted by molar-refractivity contribution is 0.0526. The van der Waals surface area contributed by atoms with Crippen molar-refractivity contribution in [2.75, 3.05) is 29.9 Å². The highest BCUT2D eigenvalue weighted by molar-refractivity contribution is 7.13. The van der Waals surface area contributed by atoms with E-state index in [-0.39, 0.29) is 5.91 Å². The summed E-state index contributed by atoms with van der Waals surface area (Å²) in [4.78, 5) is 35.7. The second-order valence-corrected chi connectivity index (χ2v) is 7.75. The van der Waals surface area contributed by atoms with Crippen LogP contribution in [0.3, 0.4) is 0 Å². The predicted octanol–water partition coefficient (Wildman–Crippen LogP) is 4.23. The van der Waals surface area contributed by atoms with Gasteiger partial charge in [-0.05, 0) is 50.1 Å². The molecule has 0 aliphatic carbocycles. The third-order valence-electron chi connectivity index (χ3n) is 4.79. The Morgan fingerprint density at radius 3 is 2.77 bits per heavy atom. The molecule has 0 unspecified atom stereocenters. The molecule has 0 saturated carbocycles. The number of anilines is 2. The number of rotatable bonds is 6. The fraction of sp³-hybridized carbons (Fsp3) is 0.273. The van der Waals surface area contributed by atoms with E-state index in [0.29, 0.717) is 23.6 Å². The number of benzene rings is 1. The number of pyridine rings is 1. The standard InChI is InChI=1S/C22H22N4O3S/c1-2-29-22(28)15-6-5-7-17(12-15)24-20(27)18-14-30-21(25-18)16-8-9-19(23-13-16)26-10-3-4-11-26/h5-9,12-14H,2-4,10-11H2,1H3,(H,24,27). The first-order valence-electron chi connectivity index (χ1n) is 9.89. The highest BCUT2D eigenvalue weighted by Gasteiger charge is 2.16. The molecule has 1 aromatic carbocycles. The molecule has 4 rings (SSSR count). The lowest BCUT2D eigenvalue weighted by Crippen LogP contribution is -2.18. The second kappa shape index (κ2) is 9.04. The molecule has 1 N–H and O–H groups in total. The van der Waals surface area contributed by atoms with Crippen LogP contribution in [-0.4, -0.2) is 41.5 Å². The topological polar surface area (TPSA) is 84.4 Å². The number of thiazole rings is 1. The maximum Gasteiger partial charge on any atom is 0.338 e. The first-order chi connectivity index (χ1) is 14.6. The first kappa shape index (κ1) is 20.0. The summed E-state index contributed by atoms with van der Waals surface area (Å²) in [5.74, 6) is 0.224. The van der Waals surface area contributed by atoms with Crippen LogP contribution in [0, 0.1) is 0 Å². The molecule has 0 bridgehead atoms. The number of hydrogen-bond acceptors (Lipinski definition) is 7. The van der Waals surface area contributed by atoms with Gasteiger partial charge in [0, 0.05) is 35.9 Å². The first-order valence-corrected chi connectivity index (χ1v) is 10.8. The van der Waals surface area contributed by atoms with E-state index in [0.717, 1.165) is 29.5 Å². The number of ether oxygens (including phenoxy) is 1. The van der Waals surface area contributed by atoms with Crippen molar-refractivity contribution < 1.29 is 14.3 Å². The maximum absolute atomic E-state index is 12.6. The van der Waals surface area contributed by atoms with Crippen LogP contribution in [0.15, 0.2) is 48.0 Å². The normalized spacial score (nSPS) is 13.3. The molecule has 1 aliphatic heterocycles. The summed E-state index contributed by atoms with van der Waals surface area (Å²) in [5, 5.41) is 5.24. The molecule has 7 nitrogen and oxygen atoms in total. The van der Waals surface area contributed by atoms with E-state index < -0.39 is 5.97 Å². The largest absolute Gasteiger partial charge is 0.462 e. The highest BCUT2D eigenvalue weighted by Crippen LogP contribution is 2.26.